The van der Waals surface area contributed by atoms with Crippen molar-refractivity contribution in [1.82, 2.24) is 0 Å². The van der Waals surface area contributed by atoms with Gasteiger partial charge in [0.15, 0.2) is 0 Å². The van der Waals surface area contributed by atoms with Crippen LogP contribution in [0.5, 0.6) is 0 Å². The summed E-state index contributed by atoms with van der Waals surface area (Å²) < 4.78 is 12.6. The minimum atomic E-state index is -0.481. The van der Waals surface area contributed by atoms with Gasteiger partial charge < -0.3 is 14.2 Å². The van der Waals surface area contributed by atoms with Crippen LogP contribution in [0.3, 0.4) is 0 Å². The molecule has 0 saturated heterocycles. The van der Waals surface area contributed by atoms with E-state index in [0.717, 1.165) is 66.4 Å². The molecule has 3 nitrogen and oxygen atoms in total. The second kappa shape index (κ2) is 10.8. The molecule has 0 atom stereocenters. The molecule has 8 aromatic carbocycles. The molecule has 2 aliphatic rings. The molecule has 248 valence electrons. The van der Waals surface area contributed by atoms with Crippen molar-refractivity contribution in [3.05, 3.63) is 192 Å². The Bertz CT molecular complexity index is 3100. The summed E-state index contributed by atoms with van der Waals surface area (Å²) in [6.07, 6.45) is 0. The predicted molar refractivity (Wildman–Crippen MR) is 218 cm³/mol. The van der Waals surface area contributed by atoms with E-state index in [2.05, 4.69) is 151 Å². The molecule has 0 fully saturated rings. The summed E-state index contributed by atoms with van der Waals surface area (Å²) in [5.41, 5.74) is 15.3. The van der Waals surface area contributed by atoms with E-state index in [1.807, 2.05) is 36.0 Å². The fourth-order valence-corrected chi connectivity index (χ4v) is 10.4. The van der Waals surface area contributed by atoms with Gasteiger partial charge in [-0.2, -0.15) is 0 Å². The number of nitrogens with one attached hydrogen (secondary N) is 1. The monoisotopic (exact) mass is 695 g/mol. The van der Waals surface area contributed by atoms with Crippen LogP contribution in [0.15, 0.2) is 188 Å². The molecule has 1 aliphatic heterocycles. The third kappa shape index (κ3) is 4.01. The molecule has 1 spiro atoms. The van der Waals surface area contributed by atoms with Crippen LogP contribution in [0.1, 0.15) is 22.3 Å². The van der Waals surface area contributed by atoms with Crippen LogP contribution in [0.4, 0.5) is 11.4 Å². The van der Waals surface area contributed by atoms with Crippen LogP contribution < -0.4 is 5.32 Å². The van der Waals surface area contributed by atoms with Gasteiger partial charge >= 0.3 is 0 Å². The summed E-state index contributed by atoms with van der Waals surface area (Å²) in [4.78, 5) is 2.47. The number of fused-ring (bicyclic) bond motifs is 15. The molecule has 0 unspecified atom stereocenters. The molecule has 2 aromatic heterocycles. The van der Waals surface area contributed by atoms with E-state index in [1.165, 1.54) is 43.2 Å². The van der Waals surface area contributed by atoms with Crippen LogP contribution >= 0.6 is 11.8 Å². The van der Waals surface area contributed by atoms with Crippen molar-refractivity contribution in [2.75, 3.05) is 5.32 Å². The van der Waals surface area contributed by atoms with E-state index < -0.39 is 5.41 Å². The maximum atomic E-state index is 6.32. The lowest BCUT2D eigenvalue weighted by atomic mass is 9.67. The average Bonchev–Trinajstić information content (AvgIpc) is 3.86. The first kappa shape index (κ1) is 29.1. The molecule has 3 heterocycles. The van der Waals surface area contributed by atoms with Crippen molar-refractivity contribution >= 4 is 67.0 Å². The Morgan fingerprint density at radius 3 is 1.72 bits per heavy atom. The highest BCUT2D eigenvalue weighted by Crippen LogP contribution is 2.63. The smallest absolute Gasteiger partial charge is 0.137 e. The lowest BCUT2D eigenvalue weighted by Gasteiger charge is -2.40. The number of benzene rings is 8. The first-order valence-electron chi connectivity index (χ1n) is 18.0. The largest absolute Gasteiger partial charge is 0.456 e. The predicted octanol–water partition coefficient (Wildman–Crippen LogP) is 13.7. The molecule has 12 rings (SSSR count). The Hall–Kier alpha value is -6.49. The van der Waals surface area contributed by atoms with Gasteiger partial charge in [-0.05, 0) is 93.0 Å². The molecule has 0 amide bonds. The summed E-state index contributed by atoms with van der Waals surface area (Å²) >= 11 is 1.85. The van der Waals surface area contributed by atoms with Crippen LogP contribution in [0.25, 0.3) is 66.1 Å². The molecule has 10 aromatic rings. The van der Waals surface area contributed by atoms with E-state index in [9.17, 15) is 0 Å². The number of para-hydroxylation sites is 2. The molecule has 0 radical (unpaired) electrons. The Kier molecular flexibility index (Phi) is 5.92. The fraction of sp³-hybridized carbons (Fsp3) is 0.0204. The van der Waals surface area contributed by atoms with Gasteiger partial charge in [-0.15, -0.1) is 0 Å². The van der Waals surface area contributed by atoms with E-state index in [-0.39, 0.29) is 0 Å². The van der Waals surface area contributed by atoms with Crippen molar-refractivity contribution in [2.24, 2.45) is 0 Å². The Morgan fingerprint density at radius 2 is 0.981 bits per heavy atom. The van der Waals surface area contributed by atoms with Crippen LogP contribution in [0, 0.1) is 0 Å². The van der Waals surface area contributed by atoms with Crippen molar-refractivity contribution in [3.8, 4) is 22.3 Å². The van der Waals surface area contributed by atoms with Crippen LogP contribution in [0.2, 0.25) is 0 Å². The third-order valence-electron chi connectivity index (χ3n) is 11.3. The maximum absolute atomic E-state index is 6.32. The third-order valence-corrected chi connectivity index (χ3v) is 12.5. The van der Waals surface area contributed by atoms with Gasteiger partial charge in [-0.3, -0.25) is 0 Å². The van der Waals surface area contributed by atoms with Crippen LogP contribution in [-0.2, 0) is 5.41 Å². The normalized spacial score (nSPS) is 13.7. The number of hydrogen-bond acceptors (Lipinski definition) is 4. The minimum Gasteiger partial charge on any atom is -0.456 e. The van der Waals surface area contributed by atoms with E-state index in [1.54, 1.807) is 0 Å². The minimum absolute atomic E-state index is 0.481. The quantitative estimate of drug-likeness (QED) is 0.200. The molecule has 0 bridgehead atoms. The lowest BCUT2D eigenvalue weighted by Crippen LogP contribution is -2.32. The Balaban J connectivity index is 1.06. The summed E-state index contributed by atoms with van der Waals surface area (Å²) in [6.45, 7) is 0. The molecule has 0 saturated carbocycles. The van der Waals surface area contributed by atoms with E-state index in [0.29, 0.717) is 0 Å². The van der Waals surface area contributed by atoms with Crippen molar-refractivity contribution < 1.29 is 8.83 Å². The van der Waals surface area contributed by atoms with Gasteiger partial charge in [-0.25, -0.2) is 0 Å². The van der Waals surface area contributed by atoms with Crippen LogP contribution in [-0.4, -0.2) is 0 Å². The number of rotatable bonds is 3. The van der Waals surface area contributed by atoms with E-state index in [4.69, 9.17) is 8.83 Å². The van der Waals surface area contributed by atoms with Gasteiger partial charge in [0, 0.05) is 43.1 Å². The second-order valence-electron chi connectivity index (χ2n) is 14.1. The highest BCUT2D eigenvalue weighted by molar-refractivity contribution is 7.99. The molecular weight excluding hydrogens is 667 g/mol. The van der Waals surface area contributed by atoms with Crippen molar-refractivity contribution in [3.63, 3.8) is 0 Å². The van der Waals surface area contributed by atoms with E-state index >= 15 is 0 Å². The SMILES string of the molecule is c1ccc2c(c1)-c1ccccc1C21c2ccc(-c3ccc4c(c3)oc3ccccc34)cc2Sc2c(Nc3ccc4c(c3)oc3ccccc34)cccc21. The summed E-state index contributed by atoms with van der Waals surface area (Å²) in [7, 11) is 0. The summed E-state index contributed by atoms with van der Waals surface area (Å²) in [5, 5.41) is 8.38. The first-order valence-corrected chi connectivity index (χ1v) is 18.8. The molecule has 1 N–H and O–H groups in total. The molecule has 1 aliphatic carbocycles. The Morgan fingerprint density at radius 1 is 0.415 bits per heavy atom. The zero-order valence-electron chi connectivity index (χ0n) is 28.4. The number of furan rings is 2. The summed E-state index contributed by atoms with van der Waals surface area (Å²) in [5.74, 6) is 0. The second-order valence-corrected chi connectivity index (χ2v) is 15.1. The number of hydrogen-bond donors (Lipinski definition) is 1. The average molecular weight is 696 g/mol. The Labute approximate surface area is 309 Å². The van der Waals surface area contributed by atoms with Gasteiger partial charge in [0.25, 0.3) is 0 Å². The first-order chi connectivity index (χ1) is 26.2. The van der Waals surface area contributed by atoms with Gasteiger partial charge in [0.2, 0.25) is 0 Å². The topological polar surface area (TPSA) is 38.3 Å². The van der Waals surface area contributed by atoms with Gasteiger partial charge in [0.1, 0.15) is 22.3 Å². The van der Waals surface area contributed by atoms with Gasteiger partial charge in [-0.1, -0.05) is 127 Å². The fourth-order valence-electron chi connectivity index (χ4n) is 9.07. The van der Waals surface area contributed by atoms with Crippen molar-refractivity contribution in [2.45, 2.75) is 15.2 Å². The zero-order valence-corrected chi connectivity index (χ0v) is 29.2. The molecular formula is C49H29NO2S. The highest BCUT2D eigenvalue weighted by atomic mass is 32.2. The highest BCUT2D eigenvalue weighted by Gasteiger charge is 2.50. The summed E-state index contributed by atoms with van der Waals surface area (Å²) in [6, 6.07) is 61.3. The van der Waals surface area contributed by atoms with Gasteiger partial charge in [0.05, 0.1) is 11.1 Å². The number of anilines is 2. The maximum Gasteiger partial charge on any atom is 0.137 e. The zero-order chi connectivity index (χ0) is 34.7. The standard InChI is InChI=1S/C49H29NO2S/c1-5-14-38-32(10-1)33-11-2-6-15-39(33)49(38)40-25-21-30(29-20-23-36-34-12-3-7-18-43(34)51-45(36)26-29)27-47(40)53-48-41(49)16-9-17-42(48)50-31-22-24-37-35-13-4-8-19-44(35)52-46(37)28-31/h1-28,50H. The molecule has 53 heavy (non-hydrogen) atoms. The lowest BCUT2D eigenvalue weighted by molar-refractivity contribution is 0.668. The van der Waals surface area contributed by atoms with Crippen molar-refractivity contribution in [1.29, 1.82) is 0 Å². The molecule has 4 heteroatoms.